The molecular weight excluding hydrogens is 448 g/mol. The van der Waals surface area contributed by atoms with E-state index in [2.05, 4.69) is 15.5 Å². The molecule has 0 amide bonds. The predicted molar refractivity (Wildman–Crippen MR) is 130 cm³/mol. The standard InChI is InChI=1S/C25H26N6O4/c1-17-10-8-9-13-20(17)30-25(26-27-28-30)24(18-11-6-5-7-12-18)29(2)16-19-14-22(34-3)23(35-4)15-21(19)31(32)33/h5-15,24H,16H2,1-4H3. The van der Waals surface area contributed by atoms with E-state index in [0.29, 0.717) is 22.9 Å². The van der Waals surface area contributed by atoms with Gasteiger partial charge < -0.3 is 9.47 Å². The minimum atomic E-state index is -0.417. The monoisotopic (exact) mass is 474 g/mol. The van der Waals surface area contributed by atoms with Crippen LogP contribution in [-0.4, -0.2) is 51.3 Å². The van der Waals surface area contributed by atoms with Crippen LogP contribution in [0.15, 0.2) is 66.7 Å². The van der Waals surface area contributed by atoms with Gasteiger partial charge in [0.1, 0.15) is 0 Å². The van der Waals surface area contributed by atoms with E-state index in [1.807, 2.05) is 73.5 Å². The summed E-state index contributed by atoms with van der Waals surface area (Å²) in [5.74, 6) is 1.31. The molecule has 4 rings (SSSR count). The lowest BCUT2D eigenvalue weighted by Crippen LogP contribution is -2.28. The zero-order valence-electron chi connectivity index (χ0n) is 20.0. The Balaban J connectivity index is 1.81. The fourth-order valence-corrected chi connectivity index (χ4v) is 4.14. The molecule has 1 aromatic heterocycles. The minimum absolute atomic E-state index is 0.0557. The lowest BCUT2D eigenvalue weighted by atomic mass is 10.0. The number of hydrogen-bond donors (Lipinski definition) is 0. The first kappa shape index (κ1) is 23.8. The highest BCUT2D eigenvalue weighted by Gasteiger charge is 2.29. The van der Waals surface area contributed by atoms with Gasteiger partial charge in [0.15, 0.2) is 17.3 Å². The fraction of sp³-hybridized carbons (Fsp3) is 0.240. The van der Waals surface area contributed by atoms with Gasteiger partial charge in [0.05, 0.1) is 36.9 Å². The number of methoxy groups -OCH3 is 2. The molecule has 1 unspecified atom stereocenters. The molecule has 0 aliphatic rings. The number of tetrazole rings is 1. The average Bonchev–Trinajstić information content (AvgIpc) is 3.33. The largest absolute Gasteiger partial charge is 0.493 e. The number of nitro benzene ring substituents is 1. The summed E-state index contributed by atoms with van der Waals surface area (Å²) in [6.07, 6.45) is 0. The Morgan fingerprint density at radius 1 is 1.03 bits per heavy atom. The van der Waals surface area contributed by atoms with Crippen molar-refractivity contribution in [2.24, 2.45) is 0 Å². The van der Waals surface area contributed by atoms with Crippen molar-refractivity contribution in [2.45, 2.75) is 19.5 Å². The third kappa shape index (κ3) is 4.82. The van der Waals surface area contributed by atoms with Crippen LogP contribution >= 0.6 is 0 Å². The number of hydrogen-bond acceptors (Lipinski definition) is 8. The van der Waals surface area contributed by atoms with Crippen molar-refractivity contribution in [1.82, 2.24) is 25.1 Å². The summed E-state index contributed by atoms with van der Waals surface area (Å²) in [5.41, 5.74) is 3.25. The van der Waals surface area contributed by atoms with E-state index in [-0.39, 0.29) is 12.2 Å². The van der Waals surface area contributed by atoms with Crippen LogP contribution in [0.3, 0.4) is 0 Å². The van der Waals surface area contributed by atoms with Crippen molar-refractivity contribution in [3.63, 3.8) is 0 Å². The molecule has 1 atom stereocenters. The van der Waals surface area contributed by atoms with E-state index >= 15 is 0 Å². The minimum Gasteiger partial charge on any atom is -0.493 e. The van der Waals surface area contributed by atoms with E-state index in [1.165, 1.54) is 20.3 Å². The molecule has 0 bridgehead atoms. The topological polar surface area (TPSA) is 108 Å². The smallest absolute Gasteiger partial charge is 0.277 e. The Kier molecular flexibility index (Phi) is 7.02. The number of rotatable bonds is 9. The molecule has 0 N–H and O–H groups in total. The van der Waals surface area contributed by atoms with Gasteiger partial charge in [-0.15, -0.1) is 5.10 Å². The van der Waals surface area contributed by atoms with Crippen LogP contribution in [0.1, 0.15) is 28.6 Å². The molecule has 0 aliphatic heterocycles. The lowest BCUT2D eigenvalue weighted by Gasteiger charge is -2.28. The highest BCUT2D eigenvalue weighted by atomic mass is 16.6. The molecule has 3 aromatic carbocycles. The fourth-order valence-electron chi connectivity index (χ4n) is 4.14. The Labute approximate surface area is 202 Å². The van der Waals surface area contributed by atoms with Gasteiger partial charge in [-0.1, -0.05) is 48.5 Å². The summed E-state index contributed by atoms with van der Waals surface area (Å²) in [6.45, 7) is 2.23. The normalized spacial score (nSPS) is 11.9. The molecule has 0 fully saturated rings. The van der Waals surface area contributed by atoms with Crippen LogP contribution in [0.25, 0.3) is 5.69 Å². The van der Waals surface area contributed by atoms with Crippen molar-refractivity contribution in [3.8, 4) is 17.2 Å². The maximum atomic E-state index is 11.9. The second-order valence-electron chi connectivity index (χ2n) is 8.06. The van der Waals surface area contributed by atoms with Gasteiger partial charge >= 0.3 is 0 Å². The van der Waals surface area contributed by atoms with Gasteiger partial charge in [-0.25, -0.2) is 0 Å². The van der Waals surface area contributed by atoms with Crippen molar-refractivity contribution in [3.05, 3.63) is 99.4 Å². The predicted octanol–water partition coefficient (Wildman–Crippen LogP) is 4.12. The van der Waals surface area contributed by atoms with Crippen molar-refractivity contribution >= 4 is 5.69 Å². The van der Waals surface area contributed by atoms with E-state index in [1.54, 1.807) is 10.7 Å². The molecule has 0 saturated heterocycles. The van der Waals surface area contributed by atoms with E-state index in [4.69, 9.17) is 9.47 Å². The third-order valence-electron chi connectivity index (χ3n) is 5.84. The van der Waals surface area contributed by atoms with Gasteiger partial charge in [-0.2, -0.15) is 4.68 Å². The molecule has 0 aliphatic carbocycles. The van der Waals surface area contributed by atoms with Crippen LogP contribution < -0.4 is 9.47 Å². The first-order valence-corrected chi connectivity index (χ1v) is 10.9. The number of nitrogens with zero attached hydrogens (tertiary/aromatic N) is 6. The molecule has 0 saturated carbocycles. The maximum absolute atomic E-state index is 11.9. The molecule has 0 radical (unpaired) electrons. The number of benzene rings is 3. The van der Waals surface area contributed by atoms with Crippen LogP contribution in [0, 0.1) is 17.0 Å². The highest BCUT2D eigenvalue weighted by molar-refractivity contribution is 5.54. The zero-order valence-corrected chi connectivity index (χ0v) is 20.0. The second-order valence-corrected chi connectivity index (χ2v) is 8.06. The molecular formula is C25H26N6O4. The summed E-state index contributed by atoms with van der Waals surface area (Å²) in [6, 6.07) is 20.3. The molecule has 1 heterocycles. The van der Waals surface area contributed by atoms with Crippen LogP contribution in [0.2, 0.25) is 0 Å². The Morgan fingerprint density at radius 3 is 2.34 bits per heavy atom. The maximum Gasteiger partial charge on any atom is 0.277 e. The van der Waals surface area contributed by atoms with Crippen LogP contribution in [0.4, 0.5) is 5.69 Å². The first-order chi connectivity index (χ1) is 16.9. The summed E-state index contributed by atoms with van der Waals surface area (Å²) in [4.78, 5) is 13.4. The summed E-state index contributed by atoms with van der Waals surface area (Å²) in [5, 5.41) is 24.5. The molecule has 180 valence electrons. The first-order valence-electron chi connectivity index (χ1n) is 10.9. The SMILES string of the molecule is COc1cc(CN(C)C(c2ccccc2)c2nnnn2-c2ccccc2C)c([N+](=O)[O-])cc1OC. The Morgan fingerprint density at radius 2 is 1.69 bits per heavy atom. The molecule has 35 heavy (non-hydrogen) atoms. The number of ether oxygens (including phenoxy) is 2. The van der Waals surface area contributed by atoms with Gasteiger partial charge in [0, 0.05) is 12.1 Å². The lowest BCUT2D eigenvalue weighted by molar-refractivity contribution is -0.385. The van der Waals surface area contributed by atoms with Crippen molar-refractivity contribution in [1.29, 1.82) is 0 Å². The number of para-hydroxylation sites is 1. The Bertz CT molecular complexity index is 1320. The number of nitro groups is 1. The second kappa shape index (κ2) is 10.3. The number of aryl methyl sites for hydroxylation is 1. The highest BCUT2D eigenvalue weighted by Crippen LogP contribution is 2.37. The third-order valence-corrected chi connectivity index (χ3v) is 5.84. The van der Waals surface area contributed by atoms with E-state index in [0.717, 1.165) is 16.8 Å². The average molecular weight is 475 g/mol. The van der Waals surface area contributed by atoms with Gasteiger partial charge in [-0.3, -0.25) is 15.0 Å². The summed E-state index contributed by atoms with van der Waals surface area (Å²) in [7, 11) is 4.83. The Hall–Kier alpha value is -4.31. The summed E-state index contributed by atoms with van der Waals surface area (Å²) >= 11 is 0. The molecule has 0 spiro atoms. The molecule has 10 nitrogen and oxygen atoms in total. The van der Waals surface area contributed by atoms with Gasteiger partial charge in [0.2, 0.25) is 0 Å². The van der Waals surface area contributed by atoms with Gasteiger partial charge in [-0.05, 0) is 47.7 Å². The van der Waals surface area contributed by atoms with Crippen LogP contribution in [-0.2, 0) is 6.54 Å². The van der Waals surface area contributed by atoms with E-state index in [9.17, 15) is 10.1 Å². The van der Waals surface area contributed by atoms with Gasteiger partial charge in [0.25, 0.3) is 5.69 Å². The molecule has 10 heteroatoms. The van der Waals surface area contributed by atoms with E-state index < -0.39 is 11.0 Å². The molecule has 4 aromatic rings. The quantitative estimate of drug-likeness (QED) is 0.263. The van der Waals surface area contributed by atoms with Crippen molar-refractivity contribution < 1.29 is 14.4 Å². The van der Waals surface area contributed by atoms with Crippen molar-refractivity contribution in [2.75, 3.05) is 21.3 Å². The number of aromatic nitrogens is 4. The summed E-state index contributed by atoms with van der Waals surface area (Å²) < 4.78 is 12.4. The zero-order chi connectivity index (χ0) is 24.9. The van der Waals surface area contributed by atoms with Crippen LogP contribution in [0.5, 0.6) is 11.5 Å².